The zero-order chi connectivity index (χ0) is 20.5. The lowest BCUT2D eigenvalue weighted by molar-refractivity contribution is -0.121. The van der Waals surface area contributed by atoms with Crippen LogP contribution in [0.5, 0.6) is 17.2 Å². The highest BCUT2D eigenvalue weighted by Gasteiger charge is 2.28. The highest BCUT2D eigenvalue weighted by atomic mass is 32.2. The molecule has 0 bridgehead atoms. The number of phenolic OH excluding ortho intramolecular Hbond substituents is 3. The van der Waals surface area contributed by atoms with Crippen molar-refractivity contribution in [3.05, 3.63) is 66.2 Å². The fraction of sp³-hybridized carbons (Fsp3) is 0.0476. The van der Waals surface area contributed by atoms with E-state index in [1.54, 1.807) is 11.8 Å². The van der Waals surface area contributed by atoms with E-state index in [0.717, 1.165) is 21.9 Å². The number of benzene rings is 3. The standard InChI is InChI=1S/C21H15NO6S/c23-15-9-12(10-16(24)20(15)26)21(27)28-11-19(25)22-13-5-1-3-7-17(13)29-18-8-4-2-6-14(18)22/h1-10,23-24,26H,11H2. The van der Waals surface area contributed by atoms with E-state index in [-0.39, 0.29) is 5.56 Å². The van der Waals surface area contributed by atoms with Crippen molar-refractivity contribution in [2.75, 3.05) is 11.5 Å². The van der Waals surface area contributed by atoms with Gasteiger partial charge in [-0.15, -0.1) is 0 Å². The molecule has 0 radical (unpaired) electrons. The largest absolute Gasteiger partial charge is 0.504 e. The third kappa shape index (κ3) is 3.45. The number of aromatic hydroxyl groups is 3. The van der Waals surface area contributed by atoms with Gasteiger partial charge in [-0.25, -0.2) is 4.79 Å². The van der Waals surface area contributed by atoms with Gasteiger partial charge >= 0.3 is 5.97 Å². The molecule has 0 unspecified atom stereocenters. The van der Waals surface area contributed by atoms with Gasteiger partial charge in [0.25, 0.3) is 5.91 Å². The molecule has 0 atom stereocenters. The number of rotatable bonds is 3. The van der Waals surface area contributed by atoms with Crippen LogP contribution in [0.4, 0.5) is 11.4 Å². The molecule has 8 heteroatoms. The van der Waals surface area contributed by atoms with Crippen LogP contribution in [0.15, 0.2) is 70.5 Å². The molecule has 29 heavy (non-hydrogen) atoms. The second-order valence-electron chi connectivity index (χ2n) is 6.21. The summed E-state index contributed by atoms with van der Waals surface area (Å²) in [6.07, 6.45) is 0. The van der Waals surface area contributed by atoms with Crippen LogP contribution in [0.1, 0.15) is 10.4 Å². The topological polar surface area (TPSA) is 107 Å². The Morgan fingerprint density at radius 2 is 1.38 bits per heavy atom. The number of para-hydroxylation sites is 2. The Balaban J connectivity index is 1.57. The monoisotopic (exact) mass is 409 g/mol. The summed E-state index contributed by atoms with van der Waals surface area (Å²) in [4.78, 5) is 28.5. The molecule has 7 nitrogen and oxygen atoms in total. The predicted molar refractivity (Wildman–Crippen MR) is 106 cm³/mol. The molecule has 1 aliphatic heterocycles. The van der Waals surface area contributed by atoms with Crippen molar-refractivity contribution in [1.82, 2.24) is 0 Å². The Kier molecular flexibility index (Phi) is 4.77. The van der Waals surface area contributed by atoms with Crippen molar-refractivity contribution in [1.29, 1.82) is 0 Å². The van der Waals surface area contributed by atoms with Gasteiger partial charge in [0.1, 0.15) is 0 Å². The minimum absolute atomic E-state index is 0.194. The van der Waals surface area contributed by atoms with Crippen LogP contribution in [0, 0.1) is 0 Å². The third-order valence-electron chi connectivity index (χ3n) is 4.31. The van der Waals surface area contributed by atoms with Gasteiger partial charge in [0.2, 0.25) is 0 Å². The smallest absolute Gasteiger partial charge is 0.338 e. The average Bonchev–Trinajstić information content (AvgIpc) is 2.73. The van der Waals surface area contributed by atoms with Gasteiger partial charge < -0.3 is 20.1 Å². The molecule has 146 valence electrons. The second-order valence-corrected chi connectivity index (χ2v) is 7.29. The number of carbonyl (C=O) groups is 2. The number of nitrogens with zero attached hydrogens (tertiary/aromatic N) is 1. The maximum Gasteiger partial charge on any atom is 0.338 e. The Hall–Kier alpha value is -3.65. The van der Waals surface area contributed by atoms with E-state index in [1.165, 1.54) is 4.90 Å². The van der Waals surface area contributed by atoms with E-state index in [2.05, 4.69) is 0 Å². The second kappa shape index (κ2) is 7.40. The maximum absolute atomic E-state index is 12.9. The number of fused-ring (bicyclic) bond motifs is 2. The molecule has 1 heterocycles. The van der Waals surface area contributed by atoms with E-state index in [1.807, 2.05) is 48.5 Å². The molecule has 3 aromatic rings. The van der Waals surface area contributed by atoms with Gasteiger partial charge in [-0.05, 0) is 36.4 Å². The van der Waals surface area contributed by atoms with Crippen molar-refractivity contribution >= 4 is 35.0 Å². The molecule has 1 amide bonds. The number of anilines is 2. The zero-order valence-corrected chi connectivity index (χ0v) is 15.7. The van der Waals surface area contributed by atoms with Crippen LogP contribution in [0.2, 0.25) is 0 Å². The Morgan fingerprint density at radius 1 is 0.862 bits per heavy atom. The fourth-order valence-electron chi connectivity index (χ4n) is 2.97. The minimum Gasteiger partial charge on any atom is -0.504 e. The van der Waals surface area contributed by atoms with Gasteiger partial charge in [0.15, 0.2) is 23.9 Å². The number of phenols is 3. The van der Waals surface area contributed by atoms with Crippen LogP contribution in [-0.2, 0) is 9.53 Å². The summed E-state index contributed by atoms with van der Waals surface area (Å²) in [5.74, 6) is -3.45. The number of ether oxygens (including phenoxy) is 1. The van der Waals surface area contributed by atoms with Crippen molar-refractivity contribution in [3.63, 3.8) is 0 Å². The molecular formula is C21H15NO6S. The number of hydrogen-bond donors (Lipinski definition) is 3. The van der Waals surface area contributed by atoms with Crippen LogP contribution in [0.25, 0.3) is 0 Å². The Morgan fingerprint density at radius 3 is 1.93 bits per heavy atom. The summed E-state index contributed by atoms with van der Waals surface area (Å²) in [6, 6.07) is 16.7. The molecule has 3 aromatic carbocycles. The van der Waals surface area contributed by atoms with Gasteiger partial charge in [0, 0.05) is 9.79 Å². The summed E-state index contributed by atoms with van der Waals surface area (Å²) in [6.45, 7) is -0.547. The van der Waals surface area contributed by atoms with Gasteiger partial charge in [-0.1, -0.05) is 36.0 Å². The Bertz CT molecular complexity index is 1060. The van der Waals surface area contributed by atoms with Crippen molar-refractivity contribution in [3.8, 4) is 17.2 Å². The summed E-state index contributed by atoms with van der Waals surface area (Å²) >= 11 is 1.55. The first kappa shape index (κ1) is 18.7. The molecule has 0 saturated heterocycles. The molecular weight excluding hydrogens is 394 g/mol. The number of esters is 1. The van der Waals surface area contributed by atoms with E-state index in [9.17, 15) is 24.9 Å². The van der Waals surface area contributed by atoms with Crippen molar-refractivity contribution in [2.24, 2.45) is 0 Å². The highest BCUT2D eigenvalue weighted by Crippen LogP contribution is 2.47. The summed E-state index contributed by atoms with van der Waals surface area (Å²) in [7, 11) is 0. The van der Waals surface area contributed by atoms with Crippen molar-refractivity contribution < 1.29 is 29.6 Å². The van der Waals surface area contributed by atoms with Gasteiger partial charge in [-0.2, -0.15) is 0 Å². The fourth-order valence-corrected chi connectivity index (χ4v) is 4.03. The normalized spacial score (nSPS) is 12.1. The van der Waals surface area contributed by atoms with E-state index < -0.39 is 35.7 Å². The first-order valence-electron chi connectivity index (χ1n) is 8.56. The lowest BCUT2D eigenvalue weighted by Gasteiger charge is -2.30. The molecule has 0 aliphatic carbocycles. The molecule has 1 aliphatic rings. The molecule has 0 spiro atoms. The minimum atomic E-state index is -0.920. The SMILES string of the molecule is O=C(OCC(=O)N1c2ccccc2Sc2ccccc21)c1cc(O)c(O)c(O)c1. The zero-order valence-electron chi connectivity index (χ0n) is 14.9. The van der Waals surface area contributed by atoms with Crippen LogP contribution in [-0.4, -0.2) is 33.8 Å². The summed E-state index contributed by atoms with van der Waals surface area (Å²) in [5, 5.41) is 28.4. The first-order valence-corrected chi connectivity index (χ1v) is 9.38. The van der Waals surface area contributed by atoms with Crippen molar-refractivity contribution in [2.45, 2.75) is 9.79 Å². The summed E-state index contributed by atoms with van der Waals surface area (Å²) < 4.78 is 5.08. The number of carbonyl (C=O) groups excluding carboxylic acids is 2. The third-order valence-corrected chi connectivity index (χ3v) is 5.44. The van der Waals surface area contributed by atoms with Gasteiger partial charge in [0.05, 0.1) is 16.9 Å². The van der Waals surface area contributed by atoms with E-state index >= 15 is 0 Å². The van der Waals surface area contributed by atoms with Gasteiger partial charge in [-0.3, -0.25) is 9.69 Å². The van der Waals surface area contributed by atoms with E-state index in [0.29, 0.717) is 11.4 Å². The number of hydrogen-bond acceptors (Lipinski definition) is 7. The molecule has 0 aromatic heterocycles. The summed E-state index contributed by atoms with van der Waals surface area (Å²) in [5.41, 5.74) is 1.19. The quantitative estimate of drug-likeness (QED) is 0.446. The maximum atomic E-state index is 12.9. The van der Waals surface area contributed by atoms with E-state index in [4.69, 9.17) is 4.74 Å². The lowest BCUT2D eigenvalue weighted by Crippen LogP contribution is -2.32. The molecule has 3 N–H and O–H groups in total. The molecule has 0 saturated carbocycles. The van der Waals surface area contributed by atoms with Crippen LogP contribution in [0.3, 0.4) is 0 Å². The highest BCUT2D eigenvalue weighted by molar-refractivity contribution is 7.99. The van der Waals surface area contributed by atoms with Crippen LogP contribution >= 0.6 is 11.8 Å². The predicted octanol–water partition coefficient (Wildman–Crippen LogP) is 3.79. The lowest BCUT2D eigenvalue weighted by atomic mass is 10.2. The average molecular weight is 409 g/mol. The first-order chi connectivity index (χ1) is 14.0. The Labute approximate surface area is 169 Å². The van der Waals surface area contributed by atoms with Crippen LogP contribution < -0.4 is 4.90 Å². The number of amides is 1. The molecule has 4 rings (SSSR count). The molecule has 0 fully saturated rings.